The van der Waals surface area contributed by atoms with E-state index in [1.807, 2.05) is 6.92 Å². The van der Waals surface area contributed by atoms with Gasteiger partial charge in [-0.1, -0.05) is 0 Å². The molecule has 2 N–H and O–H groups in total. The van der Waals surface area contributed by atoms with Gasteiger partial charge in [-0.3, -0.25) is 4.72 Å². The number of nitrogens with zero attached hydrogens (tertiary/aromatic N) is 1. The number of aromatic nitrogens is 1. The minimum absolute atomic E-state index is 0.211. The summed E-state index contributed by atoms with van der Waals surface area (Å²) in [6.07, 6.45) is 0. The zero-order valence-corrected chi connectivity index (χ0v) is 11.6. The first-order valence-electron chi connectivity index (χ1n) is 5.09. The minimum atomic E-state index is -3.96. The average Bonchev–Trinajstić information content (AvgIpc) is 2.86. The van der Waals surface area contributed by atoms with Crippen LogP contribution >= 0.6 is 11.3 Å². The van der Waals surface area contributed by atoms with Gasteiger partial charge in [-0.25, -0.2) is 9.78 Å². The van der Waals surface area contributed by atoms with Crippen LogP contribution < -0.4 is 4.72 Å². The summed E-state index contributed by atoms with van der Waals surface area (Å²) in [5, 5.41) is 8.42. The second-order valence-corrected chi connectivity index (χ2v) is 6.51. The number of anilines is 1. The van der Waals surface area contributed by atoms with E-state index in [-0.39, 0.29) is 5.13 Å². The predicted molar refractivity (Wildman–Crippen MR) is 68.1 cm³/mol. The molecule has 0 saturated carbocycles. The van der Waals surface area contributed by atoms with Crippen molar-refractivity contribution in [2.24, 2.45) is 0 Å². The lowest BCUT2D eigenvalue weighted by Crippen LogP contribution is -2.12. The Bertz CT molecular complexity index is 709. The van der Waals surface area contributed by atoms with Crippen molar-refractivity contribution in [2.75, 3.05) is 4.72 Å². The highest BCUT2D eigenvalue weighted by atomic mass is 32.2. The Balaban J connectivity index is 2.29. The predicted octanol–water partition coefficient (Wildman–Crippen LogP) is 1.85. The van der Waals surface area contributed by atoms with Gasteiger partial charge < -0.3 is 9.52 Å². The van der Waals surface area contributed by atoms with Gasteiger partial charge in [0.25, 0.3) is 10.0 Å². The van der Waals surface area contributed by atoms with Crippen molar-refractivity contribution in [3.63, 3.8) is 0 Å². The van der Waals surface area contributed by atoms with Crippen LogP contribution in [0, 0.1) is 13.8 Å². The highest BCUT2D eigenvalue weighted by molar-refractivity contribution is 7.92. The molecule has 19 heavy (non-hydrogen) atoms. The molecular weight excluding hydrogens is 292 g/mol. The van der Waals surface area contributed by atoms with Crippen molar-refractivity contribution >= 4 is 32.5 Å². The number of hydrogen-bond donors (Lipinski definition) is 2. The van der Waals surface area contributed by atoms with Crippen LogP contribution in [-0.4, -0.2) is 24.5 Å². The van der Waals surface area contributed by atoms with E-state index in [1.165, 1.54) is 11.3 Å². The average molecular weight is 302 g/mol. The number of nitrogens with one attached hydrogen (secondary N) is 1. The van der Waals surface area contributed by atoms with Gasteiger partial charge in [-0.15, -0.1) is 11.3 Å². The fraction of sp³-hybridized carbons (Fsp3) is 0.200. The number of thiazole rings is 1. The molecule has 0 aliphatic carbocycles. The summed E-state index contributed by atoms with van der Waals surface area (Å²) in [6, 6.07) is 2.16. The normalized spacial score (nSPS) is 11.5. The van der Waals surface area contributed by atoms with Gasteiger partial charge >= 0.3 is 5.97 Å². The fourth-order valence-corrected chi connectivity index (χ4v) is 3.25. The topological polar surface area (TPSA) is 110 Å². The van der Waals surface area contributed by atoms with Crippen molar-refractivity contribution in [1.29, 1.82) is 0 Å². The van der Waals surface area contributed by atoms with E-state index >= 15 is 0 Å². The summed E-state index contributed by atoms with van der Waals surface area (Å²) in [5.41, 5.74) is 0.730. The summed E-state index contributed by atoms with van der Waals surface area (Å²) in [5.74, 6) is -1.77. The Morgan fingerprint density at radius 1 is 1.42 bits per heavy atom. The maximum atomic E-state index is 11.9. The fourth-order valence-electron chi connectivity index (χ4n) is 1.26. The highest BCUT2D eigenvalue weighted by Gasteiger charge is 2.22. The van der Waals surface area contributed by atoms with Crippen molar-refractivity contribution in [3.8, 4) is 0 Å². The van der Waals surface area contributed by atoms with Crippen LogP contribution in [-0.2, 0) is 10.0 Å². The SMILES string of the molecule is Cc1nc(NS(=O)(=O)c2ccc(C(=O)O)o2)sc1C. The summed E-state index contributed by atoms with van der Waals surface area (Å²) in [7, 11) is -3.96. The number of carbonyl (C=O) groups is 1. The van der Waals surface area contributed by atoms with Crippen LogP contribution in [0.1, 0.15) is 21.1 Å². The first-order chi connectivity index (χ1) is 8.79. The Labute approximate surface area is 113 Å². The summed E-state index contributed by atoms with van der Waals surface area (Å²) in [6.45, 7) is 3.58. The second kappa shape index (κ2) is 4.67. The van der Waals surface area contributed by atoms with Crippen LogP contribution in [0.15, 0.2) is 21.6 Å². The molecule has 0 saturated heterocycles. The zero-order valence-electron chi connectivity index (χ0n) is 10.00. The molecule has 0 unspecified atom stereocenters. The van der Waals surface area contributed by atoms with Crippen molar-refractivity contribution in [2.45, 2.75) is 18.9 Å². The van der Waals surface area contributed by atoms with Crippen molar-refractivity contribution in [1.82, 2.24) is 4.98 Å². The first kappa shape index (κ1) is 13.6. The molecule has 0 spiro atoms. The third kappa shape index (κ3) is 2.76. The molecule has 2 aromatic rings. The van der Waals surface area contributed by atoms with E-state index in [4.69, 9.17) is 9.52 Å². The molecule has 9 heteroatoms. The Morgan fingerprint density at radius 2 is 2.11 bits per heavy atom. The van der Waals surface area contributed by atoms with E-state index in [1.54, 1.807) is 6.92 Å². The van der Waals surface area contributed by atoms with Gasteiger partial charge in [-0.05, 0) is 26.0 Å². The van der Waals surface area contributed by atoms with Crippen molar-refractivity contribution < 1.29 is 22.7 Å². The van der Waals surface area contributed by atoms with Gasteiger partial charge in [0.15, 0.2) is 5.13 Å². The molecule has 102 valence electrons. The third-order valence-electron chi connectivity index (χ3n) is 2.31. The lowest BCUT2D eigenvalue weighted by Gasteiger charge is -2.00. The molecule has 7 nitrogen and oxygen atoms in total. The Hall–Kier alpha value is -1.87. The number of carboxylic acids is 1. The number of sulfonamides is 1. The van der Waals surface area contributed by atoms with E-state index < -0.39 is 26.8 Å². The number of rotatable bonds is 4. The number of furan rings is 1. The van der Waals surface area contributed by atoms with Crippen LogP contribution in [0.3, 0.4) is 0 Å². The summed E-state index contributed by atoms with van der Waals surface area (Å²) < 4.78 is 30.8. The molecular formula is C10H10N2O5S2. The molecule has 0 aromatic carbocycles. The Morgan fingerprint density at radius 3 is 2.58 bits per heavy atom. The highest BCUT2D eigenvalue weighted by Crippen LogP contribution is 2.24. The lowest BCUT2D eigenvalue weighted by atomic mass is 10.4. The number of hydrogen-bond acceptors (Lipinski definition) is 6. The molecule has 0 amide bonds. The quantitative estimate of drug-likeness (QED) is 0.892. The van der Waals surface area contributed by atoms with Gasteiger partial charge in [0.2, 0.25) is 10.9 Å². The monoisotopic (exact) mass is 302 g/mol. The largest absolute Gasteiger partial charge is 0.475 e. The molecule has 0 aliphatic heterocycles. The number of carboxylic acid groups (broad SMARTS) is 1. The number of aryl methyl sites for hydroxylation is 2. The van der Waals surface area contributed by atoms with E-state index in [9.17, 15) is 13.2 Å². The molecule has 2 heterocycles. The lowest BCUT2D eigenvalue weighted by molar-refractivity contribution is 0.0656. The minimum Gasteiger partial charge on any atom is -0.475 e. The van der Waals surface area contributed by atoms with Gasteiger partial charge in [0.05, 0.1) is 5.69 Å². The van der Waals surface area contributed by atoms with Gasteiger partial charge in [0, 0.05) is 4.88 Å². The van der Waals surface area contributed by atoms with E-state index in [0.29, 0.717) is 0 Å². The maximum Gasteiger partial charge on any atom is 0.371 e. The molecule has 2 rings (SSSR count). The molecule has 2 aromatic heterocycles. The molecule has 0 atom stereocenters. The zero-order chi connectivity index (χ0) is 14.2. The maximum absolute atomic E-state index is 11.9. The van der Waals surface area contributed by atoms with Crippen LogP contribution in [0.4, 0.5) is 5.13 Å². The summed E-state index contributed by atoms with van der Waals surface area (Å²) in [4.78, 5) is 15.6. The smallest absolute Gasteiger partial charge is 0.371 e. The second-order valence-electron chi connectivity index (χ2n) is 3.69. The summed E-state index contributed by atoms with van der Waals surface area (Å²) >= 11 is 1.19. The first-order valence-corrected chi connectivity index (χ1v) is 7.39. The third-order valence-corrected chi connectivity index (χ3v) is 4.64. The Kier molecular flexibility index (Phi) is 3.33. The standard InChI is InChI=1S/C10H10N2O5S2/c1-5-6(2)18-10(11-5)12-19(15,16)8-4-3-7(17-8)9(13)14/h3-4H,1-2H3,(H,11,12)(H,13,14). The van der Waals surface area contributed by atoms with E-state index in [0.717, 1.165) is 22.7 Å². The van der Waals surface area contributed by atoms with Crippen LogP contribution in [0.5, 0.6) is 0 Å². The molecule has 0 aliphatic rings. The van der Waals surface area contributed by atoms with Crippen LogP contribution in [0.2, 0.25) is 0 Å². The number of aromatic carboxylic acids is 1. The molecule has 0 radical (unpaired) electrons. The molecule has 0 fully saturated rings. The van der Waals surface area contributed by atoms with Gasteiger partial charge in [-0.2, -0.15) is 8.42 Å². The molecule has 0 bridgehead atoms. The van der Waals surface area contributed by atoms with Crippen LogP contribution in [0.25, 0.3) is 0 Å². The van der Waals surface area contributed by atoms with Crippen molar-refractivity contribution in [3.05, 3.63) is 28.5 Å². The van der Waals surface area contributed by atoms with Gasteiger partial charge in [0.1, 0.15) is 0 Å². The van der Waals surface area contributed by atoms with E-state index in [2.05, 4.69) is 9.71 Å².